The Morgan fingerprint density at radius 2 is 1.82 bits per heavy atom. The Bertz CT molecular complexity index is 2020. The molecule has 3 heterocycles. The van der Waals surface area contributed by atoms with E-state index < -0.39 is 42.1 Å². The Labute approximate surface area is 289 Å². The number of ketones is 1. The molecule has 1 atom stereocenters. The summed E-state index contributed by atoms with van der Waals surface area (Å²) < 4.78 is 64.0. The maximum atomic E-state index is 14.3. The zero-order valence-corrected chi connectivity index (χ0v) is 28.6. The van der Waals surface area contributed by atoms with Crippen LogP contribution in [-0.2, 0) is 42.3 Å². The summed E-state index contributed by atoms with van der Waals surface area (Å²) in [6, 6.07) is 7.80. The van der Waals surface area contributed by atoms with Gasteiger partial charge >= 0.3 is 18.2 Å². The number of fused-ring (bicyclic) bond motifs is 1. The molecule has 0 spiro atoms. The number of hydrogen-bond donors (Lipinski definition) is 1. The van der Waals surface area contributed by atoms with Gasteiger partial charge < -0.3 is 28.5 Å². The summed E-state index contributed by atoms with van der Waals surface area (Å²) in [7, 11) is 1.67. The van der Waals surface area contributed by atoms with Gasteiger partial charge in [-0.25, -0.2) is 9.59 Å². The fraction of sp³-hybridized carbons (Fsp3) is 0.382. The first kappa shape index (κ1) is 36.2. The number of imidazole rings is 1. The smallest absolute Gasteiger partial charge is 0.437 e. The standard InChI is InChI=1S/C34H35ClF3N5O7/c1-6-43-16-24(30(40-43)34(36,37)38)22-12-20(15-42-10-9-41(5)31(42)39-32(47)50-33(2,3)4)13-23-28(46)21(17-49-29(22)23)11-19-7-8-25(35)26(14-19)48-18-27(44)45/h7-10,12-14,16,21H,6,11,15,17-18H2,1-5H3,(H,44,45)/b39-31+. The lowest BCUT2D eigenvalue weighted by atomic mass is 9.86. The van der Waals surface area contributed by atoms with Crippen molar-refractivity contribution in [2.75, 3.05) is 13.2 Å². The maximum Gasteiger partial charge on any atom is 0.437 e. The first-order valence-electron chi connectivity index (χ1n) is 15.5. The summed E-state index contributed by atoms with van der Waals surface area (Å²) in [5.74, 6) is -2.19. The van der Waals surface area contributed by atoms with Gasteiger partial charge in [0, 0.05) is 43.3 Å². The number of benzene rings is 2. The number of Topliss-reactive ketones (excluding diaryl/α,β-unsaturated/α-hetero) is 1. The number of aromatic nitrogens is 4. The van der Waals surface area contributed by atoms with Crippen LogP contribution >= 0.6 is 11.6 Å². The van der Waals surface area contributed by atoms with E-state index in [1.165, 1.54) is 29.1 Å². The number of amides is 1. The lowest BCUT2D eigenvalue weighted by Gasteiger charge is -2.27. The number of halogens is 4. The van der Waals surface area contributed by atoms with Crippen molar-refractivity contribution in [2.45, 2.75) is 59.0 Å². The van der Waals surface area contributed by atoms with Crippen LogP contribution in [0.15, 0.2) is 53.9 Å². The van der Waals surface area contributed by atoms with Gasteiger partial charge in [0.15, 0.2) is 18.1 Å². The number of alkyl halides is 3. The molecule has 16 heteroatoms. The molecule has 12 nitrogen and oxygen atoms in total. The number of carboxylic acids is 1. The normalized spacial score (nSPS) is 15.1. The van der Waals surface area contributed by atoms with Crippen LogP contribution in [0.4, 0.5) is 18.0 Å². The highest BCUT2D eigenvalue weighted by Crippen LogP contribution is 2.44. The predicted molar refractivity (Wildman–Crippen MR) is 174 cm³/mol. The van der Waals surface area contributed by atoms with Crippen LogP contribution in [0.25, 0.3) is 11.1 Å². The zero-order chi connectivity index (χ0) is 36.5. The Kier molecular flexibility index (Phi) is 10.2. The van der Waals surface area contributed by atoms with Crippen LogP contribution in [-0.4, -0.2) is 60.7 Å². The summed E-state index contributed by atoms with van der Waals surface area (Å²) in [5.41, 5.74) is -0.816. The molecule has 50 heavy (non-hydrogen) atoms. The molecular formula is C34H35ClF3N5O7. The molecule has 0 saturated heterocycles. The minimum Gasteiger partial charge on any atom is -0.491 e. The minimum absolute atomic E-state index is 0.00512. The van der Waals surface area contributed by atoms with Gasteiger partial charge in [-0.05, 0) is 69.5 Å². The Morgan fingerprint density at radius 1 is 1.10 bits per heavy atom. The molecule has 4 aromatic rings. The van der Waals surface area contributed by atoms with Crippen LogP contribution < -0.4 is 15.1 Å². The monoisotopic (exact) mass is 717 g/mol. The van der Waals surface area contributed by atoms with E-state index >= 15 is 0 Å². The van der Waals surface area contributed by atoms with E-state index in [0.29, 0.717) is 11.1 Å². The van der Waals surface area contributed by atoms with E-state index in [9.17, 15) is 27.6 Å². The lowest BCUT2D eigenvalue weighted by molar-refractivity contribution is -0.141. The molecule has 1 aliphatic rings. The highest BCUT2D eigenvalue weighted by Gasteiger charge is 2.40. The lowest BCUT2D eigenvalue weighted by Crippen LogP contribution is -2.31. The molecule has 0 fully saturated rings. The Balaban J connectivity index is 1.59. The van der Waals surface area contributed by atoms with Crippen LogP contribution in [0.2, 0.25) is 5.02 Å². The number of carbonyl (C=O) groups is 3. The van der Waals surface area contributed by atoms with E-state index in [-0.39, 0.29) is 70.7 Å². The average Bonchev–Trinajstić information content (AvgIpc) is 3.61. The van der Waals surface area contributed by atoms with Gasteiger partial charge in [0.05, 0.1) is 29.7 Å². The summed E-state index contributed by atoms with van der Waals surface area (Å²) in [6.07, 6.45) is -0.918. The first-order chi connectivity index (χ1) is 23.4. The quantitative estimate of drug-likeness (QED) is 0.217. The number of aryl methyl sites for hydroxylation is 2. The van der Waals surface area contributed by atoms with Crippen molar-refractivity contribution in [3.05, 3.63) is 81.9 Å². The Hall–Kier alpha value is -5.05. The minimum atomic E-state index is -4.80. The molecule has 2 aromatic carbocycles. The highest BCUT2D eigenvalue weighted by atomic mass is 35.5. The molecule has 266 valence electrons. The molecule has 0 radical (unpaired) electrons. The largest absolute Gasteiger partial charge is 0.491 e. The van der Waals surface area contributed by atoms with Gasteiger partial charge in [-0.1, -0.05) is 17.7 Å². The van der Waals surface area contributed by atoms with Crippen molar-refractivity contribution >= 4 is 29.4 Å². The van der Waals surface area contributed by atoms with E-state index in [1.807, 2.05) is 0 Å². The van der Waals surface area contributed by atoms with Crippen molar-refractivity contribution in [1.82, 2.24) is 18.9 Å². The summed E-state index contributed by atoms with van der Waals surface area (Å²) >= 11 is 6.17. The molecule has 0 bridgehead atoms. The third kappa shape index (κ3) is 8.21. The van der Waals surface area contributed by atoms with Crippen molar-refractivity contribution in [2.24, 2.45) is 18.0 Å². The van der Waals surface area contributed by atoms with Crippen LogP contribution in [0.3, 0.4) is 0 Å². The highest BCUT2D eigenvalue weighted by molar-refractivity contribution is 6.32. The maximum absolute atomic E-state index is 14.3. The molecule has 5 rings (SSSR count). The van der Waals surface area contributed by atoms with E-state index in [0.717, 1.165) is 0 Å². The molecule has 0 aliphatic carbocycles. The predicted octanol–water partition coefficient (Wildman–Crippen LogP) is 6.16. The number of rotatable bonds is 9. The fourth-order valence-electron chi connectivity index (χ4n) is 5.49. The number of carbonyl (C=O) groups excluding carboxylic acids is 2. The first-order valence-corrected chi connectivity index (χ1v) is 15.9. The average molecular weight is 718 g/mol. The number of ether oxygens (including phenoxy) is 3. The molecule has 1 amide bonds. The summed E-state index contributed by atoms with van der Waals surface area (Å²) in [4.78, 5) is 41.8. The number of carboxylic acid groups (broad SMARTS) is 1. The molecule has 0 saturated carbocycles. The molecular weight excluding hydrogens is 683 g/mol. The van der Waals surface area contributed by atoms with Crippen LogP contribution in [0, 0.1) is 5.92 Å². The SMILES string of the molecule is CCn1cc(-c2cc(Cn3ccn(C)/c3=N\C(=O)OC(C)(C)C)cc3c2OCC(Cc2ccc(Cl)c(OCC(=O)O)c2)C3=O)c(C(F)(F)F)n1. The van der Waals surface area contributed by atoms with Crippen molar-refractivity contribution in [3.8, 4) is 22.6 Å². The topological polar surface area (TPSA) is 139 Å². The summed E-state index contributed by atoms with van der Waals surface area (Å²) in [5, 5.41) is 12.9. The third-order valence-electron chi connectivity index (χ3n) is 7.67. The van der Waals surface area contributed by atoms with Crippen LogP contribution in [0.5, 0.6) is 11.5 Å². The number of hydrogen-bond acceptors (Lipinski definition) is 7. The van der Waals surface area contributed by atoms with Crippen molar-refractivity contribution in [3.63, 3.8) is 0 Å². The van der Waals surface area contributed by atoms with Gasteiger partial charge in [-0.2, -0.15) is 18.3 Å². The fourth-order valence-corrected chi connectivity index (χ4v) is 5.67. The van der Waals surface area contributed by atoms with Crippen LogP contribution in [0.1, 0.15) is 54.9 Å². The molecule has 1 N–H and O–H groups in total. The second-order valence-corrected chi connectivity index (χ2v) is 13.1. The second-order valence-electron chi connectivity index (χ2n) is 12.7. The van der Waals surface area contributed by atoms with E-state index in [2.05, 4.69) is 10.1 Å². The van der Waals surface area contributed by atoms with E-state index in [4.69, 9.17) is 30.9 Å². The van der Waals surface area contributed by atoms with Gasteiger partial charge in [0.2, 0.25) is 5.62 Å². The third-order valence-corrected chi connectivity index (χ3v) is 7.98. The molecule has 2 aromatic heterocycles. The van der Waals surface area contributed by atoms with Gasteiger partial charge in [-0.3, -0.25) is 9.48 Å². The Morgan fingerprint density at radius 3 is 2.48 bits per heavy atom. The van der Waals surface area contributed by atoms with Crippen molar-refractivity contribution < 1.29 is 46.9 Å². The molecule has 1 unspecified atom stereocenters. The summed E-state index contributed by atoms with van der Waals surface area (Å²) in [6.45, 7) is 6.20. The second kappa shape index (κ2) is 14.1. The zero-order valence-electron chi connectivity index (χ0n) is 27.9. The molecule has 1 aliphatic heterocycles. The van der Waals surface area contributed by atoms with Gasteiger partial charge in [0.25, 0.3) is 0 Å². The number of aliphatic carboxylic acids is 1. The van der Waals surface area contributed by atoms with Gasteiger partial charge in [0.1, 0.15) is 17.1 Å². The van der Waals surface area contributed by atoms with E-state index in [1.54, 1.807) is 68.4 Å². The number of nitrogens with zero attached hydrogens (tertiary/aromatic N) is 5. The van der Waals surface area contributed by atoms with Gasteiger partial charge in [-0.15, -0.1) is 4.99 Å². The van der Waals surface area contributed by atoms with Crippen molar-refractivity contribution in [1.29, 1.82) is 0 Å².